The van der Waals surface area contributed by atoms with Crippen LogP contribution in [0, 0.1) is 24.0 Å². The van der Waals surface area contributed by atoms with Crippen LogP contribution in [0.2, 0.25) is 0 Å². The van der Waals surface area contributed by atoms with E-state index in [-0.39, 0.29) is 69.8 Å². The standard InChI is InChI=1S/C55H63F3N6O7S/c1-32-22-41-40-10-8-9-11-44(40)61-48(41)49(64(32)30-55(6,7)58)47-42(56)24-39(25-43(47)57)71-28-35-14-18-38(19-15-35)70-21-20-69-29-46(66)62-51(54(3,4)5)53(68)63-27-37(65)23-45(63)52(67)59-26-34-12-16-36(17-13-34)50-33(2)60-31-72-50/h8-19,24-25,31-32,37,45,49,51,61,65H,20-23,26-30H2,1-7H3,(H,59,67)(H,62,66)/t32-,37-,45+,49-,51-/m1/s1. The van der Waals surface area contributed by atoms with Crippen LogP contribution in [0.3, 0.4) is 0 Å². The summed E-state index contributed by atoms with van der Waals surface area (Å²) in [5.41, 5.74) is 5.31. The van der Waals surface area contributed by atoms with Gasteiger partial charge in [0.25, 0.3) is 0 Å². The number of aromatic nitrogens is 2. The Balaban J connectivity index is 0.799. The van der Waals surface area contributed by atoms with E-state index in [0.29, 0.717) is 23.4 Å². The van der Waals surface area contributed by atoms with Gasteiger partial charge in [-0.25, -0.2) is 18.2 Å². The number of likely N-dealkylation sites (tertiary alicyclic amines) is 1. The van der Waals surface area contributed by atoms with Crippen molar-refractivity contribution in [3.63, 3.8) is 0 Å². The van der Waals surface area contributed by atoms with Gasteiger partial charge in [-0.3, -0.25) is 19.3 Å². The number of β-amino-alcohol motifs (C(OH)–C–C–N with tert-alkyl or cyclic N) is 1. The Morgan fingerprint density at radius 1 is 0.931 bits per heavy atom. The number of ether oxygens (including phenoxy) is 3. The number of carbonyl (C=O) groups excluding carboxylic acids is 3. The van der Waals surface area contributed by atoms with Gasteiger partial charge in [0.05, 0.1) is 34.8 Å². The summed E-state index contributed by atoms with van der Waals surface area (Å²) in [5, 5.41) is 17.3. The maximum Gasteiger partial charge on any atom is 0.246 e. The van der Waals surface area contributed by atoms with E-state index in [9.17, 15) is 19.5 Å². The fourth-order valence-corrected chi connectivity index (χ4v) is 10.4. The lowest BCUT2D eigenvalue weighted by atomic mass is 9.85. The molecule has 4 heterocycles. The van der Waals surface area contributed by atoms with Gasteiger partial charge in [0.2, 0.25) is 17.7 Å². The molecule has 382 valence electrons. The first-order valence-corrected chi connectivity index (χ1v) is 25.1. The quantitative estimate of drug-likeness (QED) is 0.0618. The lowest BCUT2D eigenvalue weighted by Gasteiger charge is -2.43. The number of thiazole rings is 1. The molecular weight excluding hydrogens is 946 g/mol. The highest BCUT2D eigenvalue weighted by Crippen LogP contribution is 2.44. The predicted octanol–water partition coefficient (Wildman–Crippen LogP) is 8.75. The molecule has 4 aromatic carbocycles. The molecule has 72 heavy (non-hydrogen) atoms. The van der Waals surface area contributed by atoms with Crippen LogP contribution in [-0.4, -0.2) is 105 Å². The van der Waals surface area contributed by atoms with E-state index < -0.39 is 64.7 Å². The van der Waals surface area contributed by atoms with Crippen molar-refractivity contribution in [1.29, 1.82) is 0 Å². The van der Waals surface area contributed by atoms with Crippen LogP contribution in [-0.2, 0) is 38.7 Å². The van der Waals surface area contributed by atoms with Crippen molar-refractivity contribution in [3.05, 3.63) is 136 Å². The normalized spacial score (nSPS) is 18.7. The van der Waals surface area contributed by atoms with E-state index >= 15 is 13.2 Å². The van der Waals surface area contributed by atoms with Crippen molar-refractivity contribution >= 4 is 40.0 Å². The molecule has 1 fully saturated rings. The fourth-order valence-electron chi connectivity index (χ4n) is 9.62. The van der Waals surface area contributed by atoms with E-state index in [1.165, 1.54) is 30.9 Å². The summed E-state index contributed by atoms with van der Waals surface area (Å²) in [4.78, 5) is 52.6. The molecule has 3 amide bonds. The second-order valence-electron chi connectivity index (χ2n) is 20.5. The molecule has 5 atom stereocenters. The van der Waals surface area contributed by atoms with Gasteiger partial charge in [0.15, 0.2) is 0 Å². The first-order valence-electron chi connectivity index (χ1n) is 24.2. The van der Waals surface area contributed by atoms with Crippen LogP contribution in [0.25, 0.3) is 21.3 Å². The molecule has 17 heteroatoms. The van der Waals surface area contributed by atoms with E-state index in [1.54, 1.807) is 61.9 Å². The van der Waals surface area contributed by atoms with Crippen molar-refractivity contribution in [2.24, 2.45) is 5.41 Å². The Labute approximate surface area is 422 Å². The SMILES string of the molecule is Cc1ncsc1-c1ccc(CNC(=O)[C@@H]2C[C@@H](O)CN2C(=O)[C@@H](NC(=O)COCCOc2ccc(COc3cc(F)c([C@@H]4c5[nH]c6ccccc6c5C[C@@H](C)N4CC(C)(C)F)c(F)c3)cc2)C(C)(C)C)cc1. The van der Waals surface area contributed by atoms with Crippen molar-refractivity contribution in [3.8, 4) is 21.9 Å². The summed E-state index contributed by atoms with van der Waals surface area (Å²) in [7, 11) is 0. The Hall–Kier alpha value is -6.27. The molecule has 4 N–H and O–H groups in total. The molecular formula is C55H63F3N6O7S. The minimum atomic E-state index is -1.62. The van der Waals surface area contributed by atoms with Gasteiger partial charge >= 0.3 is 0 Å². The highest BCUT2D eigenvalue weighted by Gasteiger charge is 2.45. The average Bonchev–Trinajstić information content (AvgIpc) is 4.05. The number of aliphatic hydroxyl groups excluding tert-OH is 1. The number of hydrogen-bond acceptors (Lipinski definition) is 10. The summed E-state index contributed by atoms with van der Waals surface area (Å²) >= 11 is 1.56. The number of alkyl halides is 1. The summed E-state index contributed by atoms with van der Waals surface area (Å²) in [6.45, 7) is 12.2. The van der Waals surface area contributed by atoms with Crippen LogP contribution in [0.15, 0.2) is 90.4 Å². The summed E-state index contributed by atoms with van der Waals surface area (Å²) in [5.74, 6) is -2.48. The number of nitrogens with zero attached hydrogens (tertiary/aromatic N) is 3. The number of fused-ring (bicyclic) bond motifs is 3. The maximum absolute atomic E-state index is 16.2. The van der Waals surface area contributed by atoms with Gasteiger partial charge in [-0.1, -0.05) is 75.4 Å². The second kappa shape index (κ2) is 21.8. The summed E-state index contributed by atoms with van der Waals surface area (Å²) in [6.07, 6.45) is -0.234. The Bertz CT molecular complexity index is 2850. The number of halogens is 3. The van der Waals surface area contributed by atoms with Gasteiger partial charge in [-0.2, -0.15) is 0 Å². The third kappa shape index (κ3) is 12.1. The number of aromatic amines is 1. The number of aliphatic hydroxyl groups is 1. The van der Waals surface area contributed by atoms with Crippen LogP contribution in [0.5, 0.6) is 11.5 Å². The first-order chi connectivity index (χ1) is 34.2. The lowest BCUT2D eigenvalue weighted by Crippen LogP contribution is -2.58. The zero-order chi connectivity index (χ0) is 51.5. The largest absolute Gasteiger partial charge is 0.491 e. The molecule has 6 aromatic rings. The molecule has 1 saturated heterocycles. The molecule has 13 nitrogen and oxygen atoms in total. The number of amides is 3. The maximum atomic E-state index is 16.2. The average molecular weight is 1010 g/mol. The number of rotatable bonds is 18. The van der Waals surface area contributed by atoms with E-state index in [1.807, 2.05) is 67.3 Å². The number of nitrogens with one attached hydrogen (secondary N) is 3. The molecule has 0 aliphatic carbocycles. The number of carbonyl (C=O) groups is 3. The first kappa shape index (κ1) is 52.1. The zero-order valence-electron chi connectivity index (χ0n) is 41.7. The summed E-state index contributed by atoms with van der Waals surface area (Å²) < 4.78 is 64.8. The van der Waals surface area contributed by atoms with Crippen molar-refractivity contribution in [2.75, 3.05) is 32.9 Å². The van der Waals surface area contributed by atoms with Gasteiger partial charge in [0, 0.05) is 66.4 Å². The Morgan fingerprint density at radius 2 is 1.62 bits per heavy atom. The number of benzene rings is 4. The number of hydrogen-bond donors (Lipinski definition) is 4. The van der Waals surface area contributed by atoms with Crippen LogP contribution >= 0.6 is 11.3 Å². The smallest absolute Gasteiger partial charge is 0.246 e. The molecule has 2 aliphatic rings. The number of H-pyrrole nitrogens is 1. The Kier molecular flexibility index (Phi) is 15.8. The molecule has 0 spiro atoms. The molecule has 0 bridgehead atoms. The molecule has 8 rings (SSSR count). The van der Waals surface area contributed by atoms with Crippen molar-refractivity contribution in [2.45, 2.75) is 110 Å². The van der Waals surface area contributed by atoms with Crippen molar-refractivity contribution in [1.82, 2.24) is 30.4 Å². The fraction of sp³-hybridized carbons (Fsp3) is 0.418. The van der Waals surface area contributed by atoms with E-state index in [4.69, 9.17) is 14.2 Å². The monoisotopic (exact) mass is 1010 g/mol. The lowest BCUT2D eigenvalue weighted by molar-refractivity contribution is -0.144. The highest BCUT2D eigenvalue weighted by molar-refractivity contribution is 7.13. The van der Waals surface area contributed by atoms with E-state index in [2.05, 4.69) is 20.6 Å². The predicted molar refractivity (Wildman–Crippen MR) is 270 cm³/mol. The highest BCUT2D eigenvalue weighted by atomic mass is 32.1. The molecule has 0 unspecified atom stereocenters. The third-order valence-corrected chi connectivity index (χ3v) is 14.1. The summed E-state index contributed by atoms with van der Waals surface area (Å²) in [6, 6.07) is 21.8. The van der Waals surface area contributed by atoms with Gasteiger partial charge in [-0.15, -0.1) is 11.3 Å². The van der Waals surface area contributed by atoms with Crippen molar-refractivity contribution < 1.29 is 46.9 Å². The molecule has 2 aliphatic heterocycles. The number of aryl methyl sites for hydroxylation is 1. The molecule has 0 radical (unpaired) electrons. The second-order valence-corrected chi connectivity index (χ2v) is 21.3. The van der Waals surface area contributed by atoms with Crippen LogP contribution in [0.1, 0.15) is 87.6 Å². The minimum Gasteiger partial charge on any atom is -0.491 e. The van der Waals surface area contributed by atoms with Gasteiger partial charge in [-0.05, 0) is 80.0 Å². The van der Waals surface area contributed by atoms with Gasteiger partial charge in [0.1, 0.15) is 60.7 Å². The minimum absolute atomic E-state index is 0.00472. The van der Waals surface area contributed by atoms with Gasteiger partial charge < -0.3 is 39.8 Å². The zero-order valence-corrected chi connectivity index (χ0v) is 42.5. The number of para-hydroxylation sites is 1. The topological polar surface area (TPSA) is 158 Å². The Morgan fingerprint density at radius 3 is 2.29 bits per heavy atom. The van der Waals surface area contributed by atoms with Crippen LogP contribution < -0.4 is 20.1 Å². The van der Waals surface area contributed by atoms with Crippen LogP contribution in [0.4, 0.5) is 13.2 Å². The third-order valence-electron chi connectivity index (χ3n) is 13.2. The molecule has 2 aromatic heterocycles. The van der Waals surface area contributed by atoms with E-state index in [0.717, 1.165) is 38.2 Å². The molecule has 0 saturated carbocycles.